The van der Waals surface area contributed by atoms with Gasteiger partial charge in [-0.05, 0) is 43.5 Å². The molecule has 1 aromatic heterocycles. The second kappa shape index (κ2) is 7.69. The zero-order valence-electron chi connectivity index (χ0n) is 16.9. The number of piperidine rings is 1. The topological polar surface area (TPSA) is 63.8 Å². The summed E-state index contributed by atoms with van der Waals surface area (Å²) < 4.78 is 16.3. The molecule has 5 rings (SSSR count). The number of nitrogens with zero attached hydrogens (tertiary/aromatic N) is 1. The number of esters is 1. The molecule has 0 bridgehead atoms. The number of ether oxygens (including phenoxy) is 3. The number of hydrogen-bond acceptors (Lipinski definition) is 5. The van der Waals surface area contributed by atoms with Crippen LogP contribution in [0.1, 0.15) is 30.6 Å². The molecular formula is C22H27BrN2O4. The highest BCUT2D eigenvalue weighted by Crippen LogP contribution is 2.47. The van der Waals surface area contributed by atoms with Crippen molar-refractivity contribution in [2.24, 2.45) is 11.8 Å². The highest BCUT2D eigenvalue weighted by Gasteiger charge is 2.46. The Morgan fingerprint density at radius 1 is 1.31 bits per heavy atom. The van der Waals surface area contributed by atoms with Gasteiger partial charge in [0.2, 0.25) is 0 Å². The number of carbonyl (C=O) groups excluding carboxylic acids is 1. The quantitative estimate of drug-likeness (QED) is 0.688. The summed E-state index contributed by atoms with van der Waals surface area (Å²) in [6.07, 6.45) is 3.65. The van der Waals surface area contributed by atoms with Crippen LogP contribution in [-0.4, -0.2) is 49.3 Å². The Morgan fingerprint density at radius 2 is 2.14 bits per heavy atom. The molecule has 1 N–H and O–H groups in total. The van der Waals surface area contributed by atoms with Crippen LogP contribution >= 0.6 is 17.0 Å². The number of aromatic nitrogens is 1. The molecule has 0 radical (unpaired) electrons. The van der Waals surface area contributed by atoms with E-state index in [1.54, 1.807) is 13.4 Å². The lowest BCUT2D eigenvalue weighted by Gasteiger charge is -2.49. The molecule has 0 spiro atoms. The van der Waals surface area contributed by atoms with Gasteiger partial charge in [-0.3, -0.25) is 4.90 Å². The summed E-state index contributed by atoms with van der Waals surface area (Å²) >= 11 is 0. The smallest absolute Gasteiger partial charge is 0.337 e. The number of fused-ring (bicyclic) bond motifs is 6. The molecule has 0 amide bonds. The van der Waals surface area contributed by atoms with Crippen LogP contribution in [0.25, 0.3) is 10.9 Å². The lowest BCUT2D eigenvalue weighted by Crippen LogP contribution is -2.51. The number of nitrogens with one attached hydrogen (secondary N) is 1. The fraction of sp³-hybridized carbons (Fsp3) is 0.500. The monoisotopic (exact) mass is 462 g/mol. The van der Waals surface area contributed by atoms with Crippen LogP contribution in [0.15, 0.2) is 30.0 Å². The van der Waals surface area contributed by atoms with Gasteiger partial charge in [0.05, 0.1) is 38.2 Å². The van der Waals surface area contributed by atoms with Gasteiger partial charge in [-0.2, -0.15) is 0 Å². The van der Waals surface area contributed by atoms with E-state index in [1.807, 2.05) is 6.07 Å². The first-order valence-electron chi connectivity index (χ1n) is 9.97. The van der Waals surface area contributed by atoms with Crippen molar-refractivity contribution >= 4 is 33.9 Å². The van der Waals surface area contributed by atoms with E-state index in [0.29, 0.717) is 11.5 Å². The Bertz CT molecular complexity index is 969. The second-order valence-electron chi connectivity index (χ2n) is 8.10. The van der Waals surface area contributed by atoms with Gasteiger partial charge in [0.1, 0.15) is 5.75 Å². The van der Waals surface area contributed by atoms with E-state index in [2.05, 4.69) is 28.9 Å². The molecule has 156 valence electrons. The van der Waals surface area contributed by atoms with Crippen molar-refractivity contribution in [2.75, 3.05) is 27.3 Å². The van der Waals surface area contributed by atoms with Crippen molar-refractivity contribution in [2.45, 2.75) is 31.9 Å². The molecule has 4 heterocycles. The number of carbonyl (C=O) groups is 1. The molecule has 3 aliphatic rings. The van der Waals surface area contributed by atoms with E-state index in [1.165, 1.54) is 23.8 Å². The van der Waals surface area contributed by atoms with Crippen molar-refractivity contribution in [1.82, 2.24) is 9.88 Å². The summed E-state index contributed by atoms with van der Waals surface area (Å²) in [6.45, 7) is 4.06. The third kappa shape index (κ3) is 3.15. The van der Waals surface area contributed by atoms with Crippen LogP contribution in [0.2, 0.25) is 0 Å². The predicted octanol–water partition coefficient (Wildman–Crippen LogP) is 3.77. The molecule has 2 aromatic rings. The molecule has 7 heteroatoms. The molecule has 29 heavy (non-hydrogen) atoms. The maximum absolute atomic E-state index is 12.3. The first-order valence-corrected chi connectivity index (χ1v) is 9.97. The van der Waals surface area contributed by atoms with Crippen molar-refractivity contribution in [3.05, 3.63) is 41.3 Å². The van der Waals surface area contributed by atoms with E-state index in [4.69, 9.17) is 14.2 Å². The maximum Gasteiger partial charge on any atom is 0.337 e. The summed E-state index contributed by atoms with van der Waals surface area (Å²) in [5, 5.41) is 1.25. The molecule has 1 fully saturated rings. The first kappa shape index (κ1) is 20.3. The Hall–Kier alpha value is -1.99. The summed E-state index contributed by atoms with van der Waals surface area (Å²) in [7, 11) is 3.14. The van der Waals surface area contributed by atoms with Gasteiger partial charge >= 0.3 is 5.97 Å². The number of rotatable bonds is 2. The molecule has 1 saturated heterocycles. The van der Waals surface area contributed by atoms with Crippen LogP contribution in [-0.2, 0) is 20.7 Å². The van der Waals surface area contributed by atoms with Crippen LogP contribution in [0, 0.1) is 11.8 Å². The largest absolute Gasteiger partial charge is 0.497 e. The van der Waals surface area contributed by atoms with E-state index >= 15 is 0 Å². The third-order valence-corrected chi connectivity index (χ3v) is 6.84. The van der Waals surface area contributed by atoms with E-state index in [9.17, 15) is 4.79 Å². The number of aromatic amines is 1. The van der Waals surface area contributed by atoms with Gasteiger partial charge in [0, 0.05) is 41.5 Å². The molecular weight excluding hydrogens is 436 g/mol. The Labute approximate surface area is 180 Å². The zero-order chi connectivity index (χ0) is 19.4. The number of benzene rings is 1. The molecule has 1 aromatic carbocycles. The van der Waals surface area contributed by atoms with Crippen molar-refractivity contribution in [3.63, 3.8) is 0 Å². The van der Waals surface area contributed by atoms with E-state index in [0.717, 1.165) is 37.2 Å². The van der Waals surface area contributed by atoms with Gasteiger partial charge in [0.15, 0.2) is 0 Å². The minimum Gasteiger partial charge on any atom is -0.497 e. The summed E-state index contributed by atoms with van der Waals surface area (Å²) in [5.41, 5.74) is 4.50. The zero-order valence-corrected chi connectivity index (χ0v) is 18.6. The van der Waals surface area contributed by atoms with Crippen LogP contribution < -0.4 is 4.74 Å². The van der Waals surface area contributed by atoms with Gasteiger partial charge in [-0.25, -0.2) is 4.79 Å². The fourth-order valence-corrected chi connectivity index (χ4v) is 5.34. The molecule has 4 atom stereocenters. The third-order valence-electron chi connectivity index (χ3n) is 6.84. The standard InChI is InChI=1S/C22H26N2O4.BrH/c1-12-17-10-24-7-6-14-16-8-13(26-2)4-5-19(16)23-21(14)20(24)9-15(17)18(11-28-12)22(25)27-3;/h4-5,8,11-12,15,17,20,23H,6-7,9-10H2,1-3H3;1H/t12-,15-,17-,20-;/m0./s1. The summed E-state index contributed by atoms with van der Waals surface area (Å²) in [6, 6.07) is 6.50. The highest BCUT2D eigenvalue weighted by atomic mass is 79.9. The van der Waals surface area contributed by atoms with Crippen LogP contribution in [0.4, 0.5) is 0 Å². The maximum atomic E-state index is 12.3. The number of methoxy groups -OCH3 is 2. The molecule has 3 aliphatic heterocycles. The lowest BCUT2D eigenvalue weighted by atomic mass is 9.72. The Balaban J connectivity index is 0.00000205. The number of H-pyrrole nitrogens is 1. The highest BCUT2D eigenvalue weighted by molar-refractivity contribution is 8.93. The first-order chi connectivity index (χ1) is 13.6. The molecule has 0 aliphatic carbocycles. The van der Waals surface area contributed by atoms with Gasteiger partial charge in [0.25, 0.3) is 0 Å². The van der Waals surface area contributed by atoms with Crippen molar-refractivity contribution in [1.29, 1.82) is 0 Å². The fourth-order valence-electron chi connectivity index (χ4n) is 5.34. The van der Waals surface area contributed by atoms with Crippen molar-refractivity contribution in [3.8, 4) is 5.75 Å². The number of hydrogen-bond donors (Lipinski definition) is 1. The molecule has 6 nitrogen and oxygen atoms in total. The Morgan fingerprint density at radius 3 is 2.90 bits per heavy atom. The van der Waals surface area contributed by atoms with Crippen LogP contribution in [0.5, 0.6) is 5.75 Å². The van der Waals surface area contributed by atoms with Gasteiger partial charge < -0.3 is 19.2 Å². The molecule has 0 unspecified atom stereocenters. The van der Waals surface area contributed by atoms with E-state index in [-0.39, 0.29) is 41.0 Å². The summed E-state index contributed by atoms with van der Waals surface area (Å²) in [4.78, 5) is 18.6. The number of halogens is 1. The SMILES string of the molecule is Br.COC(=O)C1=CO[C@@H](C)[C@@H]2CN3CCc4c([nH]c5ccc(OC)cc45)[C@@H]3C[C@H]12. The van der Waals surface area contributed by atoms with Gasteiger partial charge in [-0.15, -0.1) is 17.0 Å². The van der Waals surface area contributed by atoms with Crippen molar-refractivity contribution < 1.29 is 19.0 Å². The Kier molecular flexibility index (Phi) is 5.38. The average Bonchev–Trinajstić information content (AvgIpc) is 3.10. The lowest BCUT2D eigenvalue weighted by molar-refractivity contribution is -0.139. The minimum atomic E-state index is -0.271. The predicted molar refractivity (Wildman–Crippen MR) is 115 cm³/mol. The average molecular weight is 463 g/mol. The van der Waals surface area contributed by atoms with Crippen LogP contribution in [0.3, 0.4) is 0 Å². The minimum absolute atomic E-state index is 0. The normalized spacial score (nSPS) is 28.2. The van der Waals surface area contributed by atoms with Gasteiger partial charge in [-0.1, -0.05) is 0 Å². The molecule has 0 saturated carbocycles. The van der Waals surface area contributed by atoms with E-state index < -0.39 is 0 Å². The summed E-state index contributed by atoms with van der Waals surface area (Å²) in [5.74, 6) is 1.08. The second-order valence-corrected chi connectivity index (χ2v) is 8.10.